The lowest BCUT2D eigenvalue weighted by molar-refractivity contribution is 0.0602. The summed E-state index contributed by atoms with van der Waals surface area (Å²) in [6.07, 6.45) is 2.56. The van der Waals surface area contributed by atoms with E-state index in [0.29, 0.717) is 17.3 Å². The van der Waals surface area contributed by atoms with Crippen molar-refractivity contribution in [2.24, 2.45) is 5.92 Å². The third-order valence-electron chi connectivity index (χ3n) is 3.78. The number of para-hydroxylation sites is 1. The molecule has 18 heavy (non-hydrogen) atoms. The number of benzene rings is 1. The van der Waals surface area contributed by atoms with Gasteiger partial charge in [0.15, 0.2) is 0 Å². The molecule has 1 atom stereocenters. The molecule has 98 valence electrons. The zero-order valence-electron chi connectivity index (χ0n) is 11.1. The zero-order chi connectivity index (χ0) is 13.3. The van der Waals surface area contributed by atoms with E-state index in [-0.39, 0.29) is 5.97 Å². The van der Waals surface area contributed by atoms with Crippen LogP contribution < -0.4 is 10.6 Å². The maximum Gasteiger partial charge on any atom is 0.340 e. The van der Waals surface area contributed by atoms with Crippen LogP contribution in [0.2, 0.25) is 0 Å². The van der Waals surface area contributed by atoms with E-state index in [1.807, 2.05) is 19.2 Å². The fraction of sp³-hybridized carbons (Fsp3) is 0.500. The molecule has 0 radical (unpaired) electrons. The Balaban J connectivity index is 2.29. The van der Waals surface area contributed by atoms with Crippen LogP contribution in [0.3, 0.4) is 0 Å². The zero-order valence-corrected chi connectivity index (χ0v) is 11.1. The molecule has 1 saturated carbocycles. The van der Waals surface area contributed by atoms with Crippen molar-refractivity contribution in [2.75, 3.05) is 24.8 Å². The fourth-order valence-corrected chi connectivity index (χ4v) is 2.26. The first-order chi connectivity index (χ1) is 8.56. The van der Waals surface area contributed by atoms with Crippen molar-refractivity contribution < 1.29 is 9.53 Å². The van der Waals surface area contributed by atoms with Crippen LogP contribution in [0.4, 0.5) is 11.4 Å². The van der Waals surface area contributed by atoms with Gasteiger partial charge in [0.25, 0.3) is 0 Å². The molecule has 0 heterocycles. The lowest BCUT2D eigenvalue weighted by Crippen LogP contribution is -2.31. The van der Waals surface area contributed by atoms with Gasteiger partial charge in [0.05, 0.1) is 24.0 Å². The standard InChI is InChI=1S/C14H20N2O2/c1-9(10-7-8-10)16(2)12-6-4-5-11(13(12)15)14(17)18-3/h4-6,9-10H,7-8,15H2,1-3H3. The molecule has 0 spiro atoms. The number of nitrogen functional groups attached to an aromatic ring is 1. The highest BCUT2D eigenvalue weighted by atomic mass is 16.5. The Kier molecular flexibility index (Phi) is 3.45. The summed E-state index contributed by atoms with van der Waals surface area (Å²) in [7, 11) is 3.39. The Morgan fingerprint density at radius 3 is 2.72 bits per heavy atom. The second kappa shape index (κ2) is 4.88. The number of rotatable bonds is 4. The molecule has 4 heteroatoms. The van der Waals surface area contributed by atoms with Crippen molar-refractivity contribution in [3.8, 4) is 0 Å². The second-order valence-corrected chi connectivity index (χ2v) is 4.92. The Labute approximate surface area is 108 Å². The molecule has 0 aliphatic heterocycles. The van der Waals surface area contributed by atoms with Crippen molar-refractivity contribution in [1.82, 2.24) is 0 Å². The van der Waals surface area contributed by atoms with Gasteiger partial charge in [0.2, 0.25) is 0 Å². The van der Waals surface area contributed by atoms with Gasteiger partial charge in [-0.25, -0.2) is 4.79 Å². The smallest absolute Gasteiger partial charge is 0.340 e. The molecule has 0 aromatic heterocycles. The van der Waals surface area contributed by atoms with E-state index >= 15 is 0 Å². The number of methoxy groups -OCH3 is 1. The minimum absolute atomic E-state index is 0.387. The van der Waals surface area contributed by atoms with Gasteiger partial charge in [-0.3, -0.25) is 0 Å². The Morgan fingerprint density at radius 1 is 1.50 bits per heavy atom. The first-order valence-corrected chi connectivity index (χ1v) is 6.26. The van der Waals surface area contributed by atoms with Crippen molar-refractivity contribution in [1.29, 1.82) is 0 Å². The summed E-state index contributed by atoms with van der Waals surface area (Å²) >= 11 is 0. The highest BCUT2D eigenvalue weighted by Crippen LogP contribution is 2.38. The number of anilines is 2. The van der Waals surface area contributed by atoms with E-state index in [1.54, 1.807) is 6.07 Å². The van der Waals surface area contributed by atoms with Crippen LogP contribution in [0.25, 0.3) is 0 Å². The molecule has 1 aromatic carbocycles. The van der Waals surface area contributed by atoms with E-state index in [9.17, 15) is 4.79 Å². The van der Waals surface area contributed by atoms with Gasteiger partial charge >= 0.3 is 5.97 Å². The summed E-state index contributed by atoms with van der Waals surface area (Å²) < 4.78 is 4.73. The molecule has 2 N–H and O–H groups in total. The third-order valence-corrected chi connectivity index (χ3v) is 3.78. The lowest BCUT2D eigenvalue weighted by atomic mass is 10.1. The Hall–Kier alpha value is -1.71. The maximum atomic E-state index is 11.6. The number of carbonyl (C=O) groups excluding carboxylic acids is 1. The summed E-state index contributed by atoms with van der Waals surface area (Å²) in [6, 6.07) is 5.93. The van der Waals surface area contributed by atoms with E-state index < -0.39 is 0 Å². The predicted octanol–water partition coefficient (Wildman–Crippen LogP) is 2.29. The lowest BCUT2D eigenvalue weighted by Gasteiger charge is -2.28. The largest absolute Gasteiger partial charge is 0.465 e. The van der Waals surface area contributed by atoms with Gasteiger partial charge in [-0.15, -0.1) is 0 Å². The van der Waals surface area contributed by atoms with E-state index in [2.05, 4.69) is 11.8 Å². The third kappa shape index (κ3) is 2.28. The predicted molar refractivity (Wildman–Crippen MR) is 72.8 cm³/mol. The molecule has 1 fully saturated rings. The van der Waals surface area contributed by atoms with Crippen molar-refractivity contribution >= 4 is 17.3 Å². The number of esters is 1. The SMILES string of the molecule is COC(=O)c1cccc(N(C)C(C)C2CC2)c1N. The summed E-state index contributed by atoms with van der Waals surface area (Å²) in [6.45, 7) is 2.20. The van der Waals surface area contributed by atoms with Gasteiger partial charge in [0, 0.05) is 13.1 Å². The molecular weight excluding hydrogens is 228 g/mol. The molecule has 0 saturated heterocycles. The van der Waals surface area contributed by atoms with Gasteiger partial charge in [-0.05, 0) is 37.8 Å². The topological polar surface area (TPSA) is 55.6 Å². The first kappa shape index (κ1) is 12.7. The Bertz CT molecular complexity index is 455. The van der Waals surface area contributed by atoms with Gasteiger partial charge in [-0.2, -0.15) is 0 Å². The molecular formula is C14H20N2O2. The highest BCUT2D eigenvalue weighted by molar-refractivity contribution is 5.98. The molecule has 1 aromatic rings. The van der Waals surface area contributed by atoms with Crippen molar-refractivity contribution in [3.63, 3.8) is 0 Å². The van der Waals surface area contributed by atoms with E-state index in [4.69, 9.17) is 10.5 Å². The van der Waals surface area contributed by atoms with Crippen LogP contribution in [0.1, 0.15) is 30.1 Å². The quantitative estimate of drug-likeness (QED) is 0.656. The number of ether oxygens (including phenoxy) is 1. The normalized spacial score (nSPS) is 16.2. The van der Waals surface area contributed by atoms with Crippen LogP contribution in [-0.4, -0.2) is 26.2 Å². The summed E-state index contributed by atoms with van der Waals surface area (Å²) in [5.41, 5.74) is 7.91. The number of carbonyl (C=O) groups is 1. The summed E-state index contributed by atoms with van der Waals surface area (Å²) in [4.78, 5) is 13.8. The van der Waals surface area contributed by atoms with Crippen molar-refractivity contribution in [2.45, 2.75) is 25.8 Å². The summed E-state index contributed by atoms with van der Waals surface area (Å²) in [5.74, 6) is 0.359. The van der Waals surface area contributed by atoms with Crippen LogP contribution in [-0.2, 0) is 4.74 Å². The van der Waals surface area contributed by atoms with Gasteiger partial charge in [0.1, 0.15) is 0 Å². The average molecular weight is 248 g/mol. The van der Waals surface area contributed by atoms with Gasteiger partial charge < -0.3 is 15.4 Å². The van der Waals surface area contributed by atoms with E-state index in [1.165, 1.54) is 20.0 Å². The van der Waals surface area contributed by atoms with Gasteiger partial charge in [-0.1, -0.05) is 6.07 Å². The van der Waals surface area contributed by atoms with Crippen LogP contribution in [0.5, 0.6) is 0 Å². The molecule has 1 aliphatic carbocycles. The second-order valence-electron chi connectivity index (χ2n) is 4.92. The first-order valence-electron chi connectivity index (χ1n) is 6.26. The molecule has 0 amide bonds. The molecule has 4 nitrogen and oxygen atoms in total. The average Bonchev–Trinajstić information content (AvgIpc) is 3.20. The Morgan fingerprint density at radius 2 is 2.17 bits per heavy atom. The summed E-state index contributed by atoms with van der Waals surface area (Å²) in [5, 5.41) is 0. The van der Waals surface area contributed by atoms with Crippen LogP contribution >= 0.6 is 0 Å². The van der Waals surface area contributed by atoms with Crippen LogP contribution in [0.15, 0.2) is 18.2 Å². The van der Waals surface area contributed by atoms with E-state index in [0.717, 1.165) is 11.6 Å². The molecule has 1 aliphatic rings. The van der Waals surface area contributed by atoms with Crippen molar-refractivity contribution in [3.05, 3.63) is 23.8 Å². The van der Waals surface area contributed by atoms with Crippen LogP contribution in [0, 0.1) is 5.92 Å². The monoisotopic (exact) mass is 248 g/mol. The minimum atomic E-state index is -0.387. The molecule has 0 bridgehead atoms. The number of hydrogen-bond donors (Lipinski definition) is 1. The highest BCUT2D eigenvalue weighted by Gasteiger charge is 2.31. The number of nitrogens with two attached hydrogens (primary N) is 1. The maximum absolute atomic E-state index is 11.6. The molecule has 1 unspecified atom stereocenters. The molecule has 2 rings (SSSR count). The number of hydrogen-bond acceptors (Lipinski definition) is 4. The fourth-order valence-electron chi connectivity index (χ4n) is 2.26. The number of nitrogens with zero attached hydrogens (tertiary/aromatic N) is 1. The minimum Gasteiger partial charge on any atom is -0.465 e.